The van der Waals surface area contributed by atoms with Gasteiger partial charge >= 0.3 is 0 Å². The van der Waals surface area contributed by atoms with Gasteiger partial charge in [0.05, 0.1) is 10.5 Å². The zero-order valence-corrected chi connectivity index (χ0v) is 11.3. The summed E-state index contributed by atoms with van der Waals surface area (Å²) >= 11 is 5.76. The van der Waals surface area contributed by atoms with Crippen molar-refractivity contribution in [3.8, 4) is 11.5 Å². The van der Waals surface area contributed by atoms with Crippen molar-refractivity contribution in [3.63, 3.8) is 0 Å². The number of hydrogen-bond acceptors (Lipinski definition) is 4. The molecule has 2 aromatic carbocycles. The second kappa shape index (κ2) is 5.71. The van der Waals surface area contributed by atoms with E-state index in [2.05, 4.69) is 0 Å². The zero-order chi connectivity index (χ0) is 14.7. The summed E-state index contributed by atoms with van der Waals surface area (Å²) in [4.78, 5) is 21.7. The molecule has 0 N–H and O–H groups in total. The molecule has 0 aliphatic heterocycles. The van der Waals surface area contributed by atoms with Crippen LogP contribution in [0.15, 0.2) is 42.5 Å². The minimum Gasteiger partial charge on any atom is -0.457 e. The second-order valence-electron chi connectivity index (χ2n) is 4.05. The highest BCUT2D eigenvalue weighted by molar-refractivity contribution is 6.30. The first-order valence-electron chi connectivity index (χ1n) is 5.70. The summed E-state index contributed by atoms with van der Waals surface area (Å²) in [5.41, 5.74) is -0.220. The minimum absolute atomic E-state index is 0.0152. The fraction of sp³-hybridized carbons (Fsp3) is 0.0714. The van der Waals surface area contributed by atoms with Gasteiger partial charge in [-0.25, -0.2) is 0 Å². The second-order valence-corrected chi connectivity index (χ2v) is 4.48. The molecule has 0 aromatic heterocycles. The number of Topliss-reactive ketones (excluding diaryl/α,β-unsaturated/α-hetero) is 1. The van der Waals surface area contributed by atoms with Gasteiger partial charge in [0.25, 0.3) is 5.69 Å². The Morgan fingerprint density at radius 1 is 1.15 bits per heavy atom. The van der Waals surface area contributed by atoms with E-state index in [-0.39, 0.29) is 11.3 Å². The third kappa shape index (κ3) is 3.13. The van der Waals surface area contributed by atoms with Crippen molar-refractivity contribution in [3.05, 3.63) is 63.2 Å². The molecule has 0 amide bonds. The molecule has 0 saturated heterocycles. The van der Waals surface area contributed by atoms with Gasteiger partial charge in [-0.3, -0.25) is 14.9 Å². The Kier molecular flexibility index (Phi) is 4.00. The monoisotopic (exact) mass is 291 g/mol. The highest BCUT2D eigenvalue weighted by Gasteiger charge is 2.18. The average molecular weight is 292 g/mol. The summed E-state index contributed by atoms with van der Waals surface area (Å²) in [6.07, 6.45) is 0. The SMILES string of the molecule is CC(=O)c1cc(Oc2ccc(Cl)cc2)ccc1[N+](=O)[O-]. The van der Waals surface area contributed by atoms with Gasteiger partial charge in [0.1, 0.15) is 11.5 Å². The van der Waals surface area contributed by atoms with Crippen LogP contribution in [0.4, 0.5) is 5.69 Å². The van der Waals surface area contributed by atoms with Crippen molar-refractivity contribution >= 4 is 23.1 Å². The third-order valence-corrected chi connectivity index (χ3v) is 2.85. The lowest BCUT2D eigenvalue weighted by molar-refractivity contribution is -0.385. The fourth-order valence-corrected chi connectivity index (χ4v) is 1.78. The van der Waals surface area contributed by atoms with Crippen LogP contribution in [0.2, 0.25) is 5.02 Å². The molecule has 0 atom stereocenters. The first kappa shape index (κ1) is 14.0. The van der Waals surface area contributed by atoms with Gasteiger partial charge in [0.15, 0.2) is 5.78 Å². The Morgan fingerprint density at radius 3 is 2.30 bits per heavy atom. The first-order chi connectivity index (χ1) is 9.47. The Balaban J connectivity index is 2.34. The Labute approximate surface area is 119 Å². The van der Waals surface area contributed by atoms with Crippen molar-refractivity contribution in [2.45, 2.75) is 6.92 Å². The van der Waals surface area contributed by atoms with Crippen LogP contribution >= 0.6 is 11.6 Å². The normalized spacial score (nSPS) is 10.1. The Morgan fingerprint density at radius 2 is 1.75 bits per heavy atom. The average Bonchev–Trinajstić information content (AvgIpc) is 2.41. The van der Waals surface area contributed by atoms with Gasteiger partial charge < -0.3 is 4.74 Å². The van der Waals surface area contributed by atoms with E-state index in [4.69, 9.17) is 16.3 Å². The lowest BCUT2D eigenvalue weighted by atomic mass is 10.1. The van der Waals surface area contributed by atoms with Gasteiger partial charge in [-0.1, -0.05) is 11.6 Å². The Bertz CT molecular complexity index is 667. The van der Waals surface area contributed by atoms with Crippen LogP contribution in [0.25, 0.3) is 0 Å². The molecule has 0 saturated carbocycles. The van der Waals surface area contributed by atoms with Gasteiger partial charge in [0.2, 0.25) is 0 Å². The quantitative estimate of drug-likeness (QED) is 0.480. The number of halogens is 1. The van der Waals surface area contributed by atoms with Crippen molar-refractivity contribution < 1.29 is 14.5 Å². The summed E-state index contributed by atoms with van der Waals surface area (Å²) in [5.74, 6) is 0.485. The number of nitro benzene ring substituents is 1. The van der Waals surface area contributed by atoms with Crippen LogP contribution < -0.4 is 4.74 Å². The van der Waals surface area contributed by atoms with Crippen molar-refractivity contribution in [2.24, 2.45) is 0 Å². The molecule has 0 unspecified atom stereocenters. The summed E-state index contributed by atoms with van der Waals surface area (Å²) in [6.45, 7) is 1.27. The third-order valence-electron chi connectivity index (χ3n) is 2.59. The molecule has 0 spiro atoms. The number of ketones is 1. The van der Waals surface area contributed by atoms with E-state index in [1.165, 1.54) is 25.1 Å². The predicted molar refractivity (Wildman–Crippen MR) is 74.6 cm³/mol. The maximum Gasteiger partial charge on any atom is 0.280 e. The standard InChI is InChI=1S/C14H10ClNO4/c1-9(17)13-8-12(6-7-14(13)16(18)19)20-11-4-2-10(15)3-5-11/h2-8H,1H3. The van der Waals surface area contributed by atoms with E-state index in [0.29, 0.717) is 16.5 Å². The molecule has 0 fully saturated rings. The van der Waals surface area contributed by atoms with Crippen LogP contribution in [0.1, 0.15) is 17.3 Å². The minimum atomic E-state index is -0.594. The van der Waals surface area contributed by atoms with E-state index < -0.39 is 10.7 Å². The molecule has 0 aliphatic carbocycles. The predicted octanol–water partition coefficient (Wildman–Crippen LogP) is 4.24. The molecule has 0 heterocycles. The summed E-state index contributed by atoms with van der Waals surface area (Å²) in [5, 5.41) is 11.4. The molecule has 2 aromatic rings. The molecular formula is C14H10ClNO4. The van der Waals surface area contributed by atoms with Gasteiger partial charge in [-0.15, -0.1) is 0 Å². The first-order valence-corrected chi connectivity index (χ1v) is 6.08. The number of carbonyl (C=O) groups excluding carboxylic acids is 1. The number of carbonyl (C=O) groups is 1. The van der Waals surface area contributed by atoms with Gasteiger partial charge in [-0.05, 0) is 43.3 Å². The molecule has 0 radical (unpaired) electrons. The van der Waals surface area contributed by atoms with E-state index >= 15 is 0 Å². The lowest BCUT2D eigenvalue weighted by Crippen LogP contribution is -2.00. The molecule has 102 valence electrons. The molecule has 2 rings (SSSR count). The number of rotatable bonds is 4. The van der Waals surface area contributed by atoms with Crippen molar-refractivity contribution in [1.29, 1.82) is 0 Å². The lowest BCUT2D eigenvalue weighted by Gasteiger charge is -2.07. The number of nitrogens with zero attached hydrogens (tertiary/aromatic N) is 1. The largest absolute Gasteiger partial charge is 0.457 e. The summed E-state index contributed by atoms with van der Waals surface area (Å²) in [7, 11) is 0. The van der Waals surface area contributed by atoms with E-state index in [1.54, 1.807) is 24.3 Å². The number of ether oxygens (including phenoxy) is 1. The van der Waals surface area contributed by atoms with Crippen molar-refractivity contribution in [2.75, 3.05) is 0 Å². The number of hydrogen-bond donors (Lipinski definition) is 0. The van der Waals surface area contributed by atoms with Crippen LogP contribution in [-0.4, -0.2) is 10.7 Å². The van der Waals surface area contributed by atoms with Crippen LogP contribution in [0, 0.1) is 10.1 Å². The highest BCUT2D eigenvalue weighted by atomic mass is 35.5. The molecule has 5 nitrogen and oxygen atoms in total. The number of benzene rings is 2. The van der Waals surface area contributed by atoms with E-state index in [9.17, 15) is 14.9 Å². The highest BCUT2D eigenvalue weighted by Crippen LogP contribution is 2.28. The number of nitro groups is 1. The van der Waals surface area contributed by atoms with Gasteiger partial charge in [-0.2, -0.15) is 0 Å². The van der Waals surface area contributed by atoms with E-state index in [1.807, 2.05) is 0 Å². The molecule has 6 heteroatoms. The van der Waals surface area contributed by atoms with Crippen molar-refractivity contribution in [1.82, 2.24) is 0 Å². The van der Waals surface area contributed by atoms with Gasteiger partial charge in [0, 0.05) is 11.1 Å². The summed E-state index contributed by atoms with van der Waals surface area (Å²) in [6, 6.07) is 10.7. The van der Waals surface area contributed by atoms with Crippen LogP contribution in [0.5, 0.6) is 11.5 Å². The van der Waals surface area contributed by atoms with E-state index in [0.717, 1.165) is 0 Å². The molecule has 0 bridgehead atoms. The molecule has 20 heavy (non-hydrogen) atoms. The molecular weight excluding hydrogens is 282 g/mol. The summed E-state index contributed by atoms with van der Waals surface area (Å²) < 4.78 is 5.53. The maximum atomic E-state index is 11.4. The topological polar surface area (TPSA) is 69.4 Å². The van der Waals surface area contributed by atoms with Crippen LogP contribution in [-0.2, 0) is 0 Å². The smallest absolute Gasteiger partial charge is 0.280 e. The molecule has 0 aliphatic rings. The fourth-order valence-electron chi connectivity index (χ4n) is 1.66. The van der Waals surface area contributed by atoms with Crippen LogP contribution in [0.3, 0.4) is 0 Å². The maximum absolute atomic E-state index is 11.4. The zero-order valence-electron chi connectivity index (χ0n) is 10.5. The Hall–Kier alpha value is -2.40.